The third kappa shape index (κ3) is 1.90. The lowest BCUT2D eigenvalue weighted by molar-refractivity contribution is 0.0190. The molecule has 2 aliphatic heterocycles. The second kappa shape index (κ2) is 4.22. The van der Waals surface area contributed by atoms with Crippen LogP contribution in [0.1, 0.15) is 36.9 Å². The first kappa shape index (κ1) is 11.9. The molecule has 1 aromatic rings. The molecule has 3 rings (SSSR count). The molecule has 0 radical (unpaired) electrons. The Bertz CT molecular complexity index is 516. The summed E-state index contributed by atoms with van der Waals surface area (Å²) in [5.74, 6) is -0.644. The lowest BCUT2D eigenvalue weighted by Crippen LogP contribution is -2.34. The SMILES string of the molecule is N#Cc1ncc(C2(O)CC3CCC(C2)S3)cc1F. The predicted octanol–water partition coefficient (Wildman–Crippen LogP) is 2.34. The van der Waals surface area contributed by atoms with Gasteiger partial charge < -0.3 is 5.11 Å². The van der Waals surface area contributed by atoms with Crippen molar-refractivity contribution in [2.24, 2.45) is 0 Å². The summed E-state index contributed by atoms with van der Waals surface area (Å²) < 4.78 is 13.6. The summed E-state index contributed by atoms with van der Waals surface area (Å²) in [7, 11) is 0. The van der Waals surface area contributed by atoms with Gasteiger partial charge in [-0.25, -0.2) is 9.37 Å². The van der Waals surface area contributed by atoms with Crippen LogP contribution >= 0.6 is 11.8 Å². The molecule has 18 heavy (non-hydrogen) atoms. The van der Waals surface area contributed by atoms with Gasteiger partial charge in [-0.1, -0.05) is 0 Å². The second-order valence-corrected chi connectivity index (χ2v) is 6.67. The lowest BCUT2D eigenvalue weighted by atomic mass is 9.87. The monoisotopic (exact) mass is 264 g/mol. The molecule has 2 atom stereocenters. The summed E-state index contributed by atoms with van der Waals surface area (Å²) in [6.45, 7) is 0. The van der Waals surface area contributed by atoms with E-state index in [9.17, 15) is 9.50 Å². The molecule has 2 fully saturated rings. The maximum Gasteiger partial charge on any atom is 0.176 e. The highest BCUT2D eigenvalue weighted by molar-refractivity contribution is 8.00. The van der Waals surface area contributed by atoms with E-state index in [1.54, 1.807) is 6.07 Å². The van der Waals surface area contributed by atoms with Crippen LogP contribution < -0.4 is 0 Å². The Morgan fingerprint density at radius 1 is 1.44 bits per heavy atom. The Balaban J connectivity index is 1.94. The number of thioether (sulfide) groups is 1. The lowest BCUT2D eigenvalue weighted by Gasteiger charge is -2.36. The van der Waals surface area contributed by atoms with Gasteiger partial charge in [0.2, 0.25) is 0 Å². The molecule has 0 spiro atoms. The summed E-state index contributed by atoms with van der Waals surface area (Å²) >= 11 is 1.93. The molecule has 0 amide bonds. The minimum Gasteiger partial charge on any atom is -0.385 e. The van der Waals surface area contributed by atoms with E-state index in [0.29, 0.717) is 28.9 Å². The Morgan fingerprint density at radius 3 is 2.67 bits per heavy atom. The number of aliphatic hydroxyl groups is 1. The van der Waals surface area contributed by atoms with Crippen LogP contribution in [-0.4, -0.2) is 20.6 Å². The van der Waals surface area contributed by atoms with Crippen LogP contribution in [0, 0.1) is 17.1 Å². The number of halogens is 1. The van der Waals surface area contributed by atoms with Gasteiger partial charge in [-0.05, 0) is 31.7 Å². The molecular formula is C13H13FN2OS. The zero-order valence-electron chi connectivity index (χ0n) is 9.77. The van der Waals surface area contributed by atoms with Crippen LogP contribution in [0.3, 0.4) is 0 Å². The van der Waals surface area contributed by atoms with Crippen molar-refractivity contribution in [3.05, 3.63) is 29.3 Å². The van der Waals surface area contributed by atoms with E-state index < -0.39 is 11.4 Å². The van der Waals surface area contributed by atoms with Crippen LogP contribution in [0.25, 0.3) is 0 Å². The smallest absolute Gasteiger partial charge is 0.176 e. The van der Waals surface area contributed by atoms with Gasteiger partial charge in [0.15, 0.2) is 11.5 Å². The molecule has 0 aliphatic carbocycles. The van der Waals surface area contributed by atoms with Crippen molar-refractivity contribution in [2.45, 2.75) is 41.8 Å². The number of nitrogens with zero attached hydrogens (tertiary/aromatic N) is 2. The normalized spacial score (nSPS) is 34.3. The Kier molecular flexibility index (Phi) is 2.80. The van der Waals surface area contributed by atoms with Gasteiger partial charge >= 0.3 is 0 Å². The number of pyridine rings is 1. The second-order valence-electron chi connectivity index (χ2n) is 5.06. The first-order chi connectivity index (χ1) is 8.60. The van der Waals surface area contributed by atoms with Crippen molar-refractivity contribution >= 4 is 11.8 Å². The summed E-state index contributed by atoms with van der Waals surface area (Å²) in [5.41, 5.74) is -0.675. The number of hydrogen-bond donors (Lipinski definition) is 1. The zero-order valence-corrected chi connectivity index (χ0v) is 10.6. The largest absolute Gasteiger partial charge is 0.385 e. The minimum absolute atomic E-state index is 0.212. The highest BCUT2D eigenvalue weighted by Crippen LogP contribution is 2.51. The van der Waals surface area contributed by atoms with Crippen LogP contribution in [0.4, 0.5) is 4.39 Å². The molecule has 5 heteroatoms. The highest BCUT2D eigenvalue weighted by Gasteiger charge is 2.44. The van der Waals surface area contributed by atoms with E-state index in [1.165, 1.54) is 12.3 Å². The first-order valence-corrected chi connectivity index (χ1v) is 6.99. The third-order valence-electron chi connectivity index (χ3n) is 3.81. The molecule has 2 unspecified atom stereocenters. The van der Waals surface area contributed by atoms with Gasteiger partial charge in [0.1, 0.15) is 6.07 Å². The van der Waals surface area contributed by atoms with Crippen molar-refractivity contribution in [3.8, 4) is 6.07 Å². The van der Waals surface area contributed by atoms with Crippen molar-refractivity contribution in [2.75, 3.05) is 0 Å². The molecule has 0 saturated carbocycles. The molecule has 3 heterocycles. The first-order valence-electron chi connectivity index (χ1n) is 6.05. The van der Waals surface area contributed by atoms with Crippen LogP contribution in [0.5, 0.6) is 0 Å². The molecule has 1 N–H and O–H groups in total. The number of fused-ring (bicyclic) bond motifs is 2. The summed E-state index contributed by atoms with van der Waals surface area (Å²) in [4.78, 5) is 3.78. The molecule has 3 nitrogen and oxygen atoms in total. The summed E-state index contributed by atoms with van der Waals surface area (Å²) in [6, 6.07) is 2.96. The van der Waals surface area contributed by atoms with Gasteiger partial charge in [-0.3, -0.25) is 0 Å². The Hall–Kier alpha value is -1.12. The van der Waals surface area contributed by atoms with Gasteiger partial charge in [0, 0.05) is 22.3 Å². The fraction of sp³-hybridized carbons (Fsp3) is 0.538. The number of nitriles is 1. The van der Waals surface area contributed by atoms with E-state index in [4.69, 9.17) is 5.26 Å². The quantitative estimate of drug-likeness (QED) is 0.846. The van der Waals surface area contributed by atoms with Crippen molar-refractivity contribution in [1.29, 1.82) is 5.26 Å². The molecule has 2 saturated heterocycles. The van der Waals surface area contributed by atoms with Crippen LogP contribution in [0.2, 0.25) is 0 Å². The molecule has 1 aromatic heterocycles. The van der Waals surface area contributed by atoms with E-state index in [1.807, 2.05) is 11.8 Å². The summed E-state index contributed by atoms with van der Waals surface area (Å²) in [6.07, 6.45) is 5.01. The van der Waals surface area contributed by atoms with Crippen molar-refractivity contribution in [3.63, 3.8) is 0 Å². The fourth-order valence-electron chi connectivity index (χ4n) is 2.93. The maximum absolute atomic E-state index is 13.6. The summed E-state index contributed by atoms with van der Waals surface area (Å²) in [5, 5.41) is 20.3. The Labute approximate surface area is 109 Å². The maximum atomic E-state index is 13.6. The molecule has 2 aliphatic rings. The van der Waals surface area contributed by atoms with Gasteiger partial charge in [-0.2, -0.15) is 17.0 Å². The van der Waals surface area contributed by atoms with Gasteiger partial charge in [0.05, 0.1) is 5.60 Å². The highest BCUT2D eigenvalue weighted by atomic mass is 32.2. The van der Waals surface area contributed by atoms with Gasteiger partial charge in [0.25, 0.3) is 0 Å². The van der Waals surface area contributed by atoms with E-state index in [2.05, 4.69) is 4.98 Å². The van der Waals surface area contributed by atoms with Crippen molar-refractivity contribution in [1.82, 2.24) is 4.98 Å². The minimum atomic E-state index is -0.973. The molecule has 2 bridgehead atoms. The van der Waals surface area contributed by atoms with Gasteiger partial charge in [-0.15, -0.1) is 0 Å². The number of rotatable bonds is 1. The average molecular weight is 264 g/mol. The molecule has 94 valence electrons. The fourth-order valence-corrected chi connectivity index (χ4v) is 4.76. The zero-order chi connectivity index (χ0) is 12.8. The average Bonchev–Trinajstić information content (AvgIpc) is 2.69. The van der Waals surface area contributed by atoms with Crippen LogP contribution in [0.15, 0.2) is 12.3 Å². The third-order valence-corrected chi connectivity index (χ3v) is 5.39. The molecular weight excluding hydrogens is 251 g/mol. The standard InChI is InChI=1S/C13H13FN2OS/c14-11-3-8(7-16-12(11)6-15)13(17)4-9-1-2-10(5-13)18-9/h3,7,9-10,17H,1-2,4-5H2. The molecule has 0 aromatic carbocycles. The Morgan fingerprint density at radius 2 is 2.11 bits per heavy atom. The van der Waals surface area contributed by atoms with E-state index >= 15 is 0 Å². The van der Waals surface area contributed by atoms with Crippen LogP contribution in [-0.2, 0) is 5.60 Å². The predicted molar refractivity (Wildman–Crippen MR) is 66.4 cm³/mol. The van der Waals surface area contributed by atoms with E-state index in [-0.39, 0.29) is 5.69 Å². The number of hydrogen-bond acceptors (Lipinski definition) is 4. The topological polar surface area (TPSA) is 56.9 Å². The van der Waals surface area contributed by atoms with Crippen molar-refractivity contribution < 1.29 is 9.50 Å². The number of aromatic nitrogens is 1. The van der Waals surface area contributed by atoms with E-state index in [0.717, 1.165) is 12.8 Å².